The molecule has 0 radical (unpaired) electrons. The molecule has 39 heavy (non-hydrogen) atoms. The Bertz CT molecular complexity index is 1560. The Balaban J connectivity index is 1.48. The fraction of sp³-hybridized carbons (Fsp3) is 0.258. The zero-order chi connectivity index (χ0) is 27.5. The van der Waals surface area contributed by atoms with Gasteiger partial charge < -0.3 is 15.0 Å². The minimum absolute atomic E-state index is 0.0446. The van der Waals surface area contributed by atoms with Gasteiger partial charge in [0, 0.05) is 55.9 Å². The van der Waals surface area contributed by atoms with E-state index in [-0.39, 0.29) is 28.8 Å². The van der Waals surface area contributed by atoms with Crippen LogP contribution in [-0.4, -0.2) is 28.5 Å². The van der Waals surface area contributed by atoms with Crippen molar-refractivity contribution in [1.82, 2.24) is 9.55 Å². The van der Waals surface area contributed by atoms with Crippen LogP contribution in [0.4, 0.5) is 10.2 Å². The largest absolute Gasteiger partial charge is 0.383 e. The number of nitrogens with two attached hydrogens (primary N) is 1. The number of nitrogen functional groups attached to an aromatic ring is 1. The molecule has 0 spiro atoms. The van der Waals surface area contributed by atoms with Crippen molar-refractivity contribution in [3.63, 3.8) is 0 Å². The van der Waals surface area contributed by atoms with Crippen LogP contribution in [0.15, 0.2) is 71.9 Å². The molecule has 2 aromatic heterocycles. The monoisotopic (exact) mass is 545 g/mol. The Kier molecular flexibility index (Phi) is 7.91. The van der Waals surface area contributed by atoms with Crippen molar-refractivity contribution in [3.8, 4) is 22.3 Å². The molecule has 0 saturated carbocycles. The number of aromatic nitrogens is 2. The lowest BCUT2D eigenvalue weighted by atomic mass is 9.96. The Morgan fingerprint density at radius 3 is 2.51 bits per heavy atom. The number of halogens is 2. The maximum absolute atomic E-state index is 15.2. The van der Waals surface area contributed by atoms with Crippen LogP contribution in [0.1, 0.15) is 34.3 Å². The summed E-state index contributed by atoms with van der Waals surface area (Å²) in [5, 5.41) is 0.351. The molecule has 5 rings (SSSR count). The maximum Gasteiger partial charge on any atom is 0.200 e. The number of benzene rings is 2. The van der Waals surface area contributed by atoms with Gasteiger partial charge in [0.2, 0.25) is 0 Å². The fourth-order valence-corrected chi connectivity index (χ4v) is 5.22. The number of nitrogens with zero attached hydrogens (tertiary/aromatic N) is 2. The molecular weight excluding hydrogens is 517 g/mol. The van der Waals surface area contributed by atoms with Gasteiger partial charge in [0.15, 0.2) is 11.2 Å². The Hall–Kier alpha value is -3.81. The Morgan fingerprint density at radius 1 is 1.10 bits per heavy atom. The van der Waals surface area contributed by atoms with Crippen molar-refractivity contribution in [1.29, 1.82) is 0 Å². The second-order valence-corrected chi connectivity index (χ2v) is 10.4. The van der Waals surface area contributed by atoms with Crippen molar-refractivity contribution in [2.24, 2.45) is 5.92 Å². The minimum atomic E-state index is -0.586. The van der Waals surface area contributed by atoms with Gasteiger partial charge in [-0.1, -0.05) is 53.6 Å². The van der Waals surface area contributed by atoms with E-state index >= 15 is 4.39 Å². The van der Waals surface area contributed by atoms with Crippen LogP contribution in [0.2, 0.25) is 5.02 Å². The van der Waals surface area contributed by atoms with Crippen molar-refractivity contribution in [2.45, 2.75) is 32.7 Å². The molecule has 1 aliphatic heterocycles. The summed E-state index contributed by atoms with van der Waals surface area (Å²) in [4.78, 5) is 31.1. The molecule has 1 saturated heterocycles. The lowest BCUT2D eigenvalue weighted by molar-refractivity contribution is 0.0612. The van der Waals surface area contributed by atoms with Gasteiger partial charge in [0.25, 0.3) is 0 Å². The van der Waals surface area contributed by atoms with Crippen molar-refractivity contribution < 1.29 is 13.9 Å². The highest BCUT2D eigenvalue weighted by Gasteiger charge is 2.21. The van der Waals surface area contributed by atoms with E-state index in [1.165, 1.54) is 18.3 Å². The van der Waals surface area contributed by atoms with Crippen LogP contribution >= 0.6 is 11.6 Å². The van der Waals surface area contributed by atoms with Crippen molar-refractivity contribution >= 4 is 23.2 Å². The van der Waals surface area contributed by atoms with E-state index in [1.54, 1.807) is 18.3 Å². The van der Waals surface area contributed by atoms with Gasteiger partial charge in [-0.05, 0) is 54.5 Å². The standard InChI is InChI=1S/C31H29ClFN3O3/c1-19-2-4-21(5-3-19)24-17-36(16-20-9-12-39-13-10-20)18-25(30(24)38)28(37)15-22-6-7-23(14-27(22)33)29-26(32)8-11-35-31(29)34/h2-8,11,14,17-18,20H,9-10,12-13,15-16H2,1H3,(H2,34,35). The van der Waals surface area contributed by atoms with Crippen molar-refractivity contribution in [3.05, 3.63) is 105 Å². The van der Waals surface area contributed by atoms with Gasteiger partial charge in [0.1, 0.15) is 11.6 Å². The van der Waals surface area contributed by atoms with E-state index in [2.05, 4.69) is 4.98 Å². The average molecular weight is 546 g/mol. The van der Waals surface area contributed by atoms with E-state index in [4.69, 9.17) is 22.1 Å². The Morgan fingerprint density at radius 2 is 1.82 bits per heavy atom. The minimum Gasteiger partial charge on any atom is -0.383 e. The van der Waals surface area contributed by atoms with Crippen LogP contribution in [-0.2, 0) is 17.7 Å². The summed E-state index contributed by atoms with van der Waals surface area (Å²) in [6.07, 6.45) is 6.48. The highest BCUT2D eigenvalue weighted by atomic mass is 35.5. The van der Waals surface area contributed by atoms with Crippen LogP contribution in [0.3, 0.4) is 0 Å². The summed E-state index contributed by atoms with van der Waals surface area (Å²) in [6.45, 7) is 4.04. The summed E-state index contributed by atoms with van der Waals surface area (Å²) >= 11 is 6.26. The number of ether oxygens (including phenoxy) is 1. The normalized spacial score (nSPS) is 13.9. The van der Waals surface area contributed by atoms with Gasteiger partial charge in [-0.2, -0.15) is 0 Å². The molecule has 4 aromatic rings. The molecule has 1 aliphatic rings. The first-order chi connectivity index (χ1) is 18.8. The number of pyridine rings is 2. The predicted molar refractivity (Wildman–Crippen MR) is 152 cm³/mol. The van der Waals surface area contributed by atoms with E-state index in [0.717, 1.165) is 24.0 Å². The van der Waals surface area contributed by atoms with E-state index in [1.807, 2.05) is 42.0 Å². The average Bonchev–Trinajstić information content (AvgIpc) is 2.92. The number of hydrogen-bond donors (Lipinski definition) is 1. The van der Waals surface area contributed by atoms with Crippen LogP contribution < -0.4 is 11.2 Å². The SMILES string of the molecule is Cc1ccc(-c2cn(CC3CCOCC3)cc(C(=O)Cc3ccc(-c4c(Cl)ccnc4N)cc3F)c2=O)cc1. The summed E-state index contributed by atoms with van der Waals surface area (Å²) < 4.78 is 22.6. The molecule has 3 heterocycles. The smallest absolute Gasteiger partial charge is 0.200 e. The van der Waals surface area contributed by atoms with Gasteiger partial charge in [-0.3, -0.25) is 9.59 Å². The van der Waals surface area contributed by atoms with Crippen LogP contribution in [0.25, 0.3) is 22.3 Å². The molecule has 1 fully saturated rings. The third-order valence-corrected chi connectivity index (χ3v) is 7.49. The zero-order valence-electron chi connectivity index (χ0n) is 21.6. The van der Waals surface area contributed by atoms with Crippen LogP contribution in [0.5, 0.6) is 0 Å². The fourth-order valence-electron chi connectivity index (χ4n) is 4.95. The number of anilines is 1. The van der Waals surface area contributed by atoms with Gasteiger partial charge in [-0.15, -0.1) is 0 Å². The lowest BCUT2D eigenvalue weighted by Crippen LogP contribution is -2.25. The highest BCUT2D eigenvalue weighted by molar-refractivity contribution is 6.33. The topological polar surface area (TPSA) is 87.2 Å². The number of rotatable bonds is 7. The second-order valence-electron chi connectivity index (χ2n) is 9.99. The first-order valence-electron chi connectivity index (χ1n) is 12.9. The van der Waals surface area contributed by atoms with Gasteiger partial charge in [0.05, 0.1) is 10.6 Å². The molecule has 8 heteroatoms. The first kappa shape index (κ1) is 26.8. The maximum atomic E-state index is 15.2. The van der Waals surface area contributed by atoms with Gasteiger partial charge >= 0.3 is 0 Å². The number of Topliss-reactive ketones (excluding diaryl/α,β-unsaturated/α-hetero) is 1. The molecule has 0 atom stereocenters. The molecule has 6 nitrogen and oxygen atoms in total. The molecule has 2 aromatic carbocycles. The Labute approximate surface area is 231 Å². The number of aryl methyl sites for hydroxylation is 1. The summed E-state index contributed by atoms with van der Waals surface area (Å²) in [5.74, 6) is -0.465. The number of carbonyl (C=O) groups is 1. The molecule has 200 valence electrons. The van der Waals surface area contributed by atoms with E-state index in [0.29, 0.717) is 47.4 Å². The molecule has 0 bridgehead atoms. The van der Waals surface area contributed by atoms with E-state index < -0.39 is 11.6 Å². The molecular formula is C31H29ClFN3O3. The number of ketones is 1. The zero-order valence-corrected chi connectivity index (χ0v) is 22.4. The molecule has 0 unspecified atom stereocenters. The lowest BCUT2D eigenvalue weighted by Gasteiger charge is -2.23. The third-order valence-electron chi connectivity index (χ3n) is 7.17. The summed E-state index contributed by atoms with van der Waals surface area (Å²) in [7, 11) is 0. The van der Waals surface area contributed by atoms with E-state index in [9.17, 15) is 9.59 Å². The highest BCUT2D eigenvalue weighted by Crippen LogP contribution is 2.33. The molecule has 0 aliphatic carbocycles. The summed E-state index contributed by atoms with van der Waals surface area (Å²) in [5.41, 5.74) is 8.96. The summed E-state index contributed by atoms with van der Waals surface area (Å²) in [6, 6.07) is 13.7. The quantitative estimate of drug-likeness (QED) is 0.283. The molecule has 0 amide bonds. The second kappa shape index (κ2) is 11.5. The van der Waals surface area contributed by atoms with Crippen LogP contribution in [0, 0.1) is 18.7 Å². The van der Waals surface area contributed by atoms with Crippen molar-refractivity contribution in [2.75, 3.05) is 18.9 Å². The number of carbonyl (C=O) groups excluding carboxylic acids is 1. The number of hydrogen-bond acceptors (Lipinski definition) is 5. The first-order valence-corrected chi connectivity index (χ1v) is 13.3. The molecule has 2 N–H and O–H groups in total. The predicted octanol–water partition coefficient (Wildman–Crippen LogP) is 6.11. The third kappa shape index (κ3) is 5.95. The van der Waals surface area contributed by atoms with Gasteiger partial charge in [-0.25, -0.2) is 9.37 Å².